The van der Waals surface area contributed by atoms with Gasteiger partial charge in [0, 0.05) is 24.3 Å². The highest BCUT2D eigenvalue weighted by atomic mass is 32.1. The number of rotatable bonds is 3. The van der Waals surface area contributed by atoms with E-state index in [0.717, 1.165) is 35.5 Å². The second-order valence-electron chi connectivity index (χ2n) is 11.3. The van der Waals surface area contributed by atoms with Crippen LogP contribution in [0.25, 0.3) is 6.08 Å². The van der Waals surface area contributed by atoms with Crippen molar-refractivity contribution in [2.45, 2.75) is 110 Å². The van der Waals surface area contributed by atoms with Crippen LogP contribution in [0.4, 0.5) is 0 Å². The molecule has 0 spiro atoms. The van der Waals surface area contributed by atoms with Gasteiger partial charge in [-0.05, 0) is 44.3 Å². The summed E-state index contributed by atoms with van der Waals surface area (Å²) < 4.78 is 11.9. The summed E-state index contributed by atoms with van der Waals surface area (Å²) in [4.78, 5) is 30.7. The predicted molar refractivity (Wildman–Crippen MR) is 139 cm³/mol. The number of thiazole rings is 1. The maximum absolute atomic E-state index is 13.2. The molecule has 0 saturated carbocycles. The monoisotopic (exact) mass is 522 g/mol. The van der Waals surface area contributed by atoms with Crippen molar-refractivity contribution < 1.29 is 29.3 Å². The van der Waals surface area contributed by atoms with Gasteiger partial charge in [0.25, 0.3) is 0 Å². The lowest BCUT2D eigenvalue weighted by Crippen LogP contribution is -2.45. The molecule has 2 aliphatic heterocycles. The van der Waals surface area contributed by atoms with Gasteiger partial charge in [0.1, 0.15) is 16.9 Å². The molecule has 0 aliphatic carbocycles. The number of ketones is 1. The Bertz CT molecular complexity index is 975. The number of fused-ring (bicyclic) bond motifs is 1. The summed E-state index contributed by atoms with van der Waals surface area (Å²) in [5.41, 5.74) is 5.74. The van der Waals surface area contributed by atoms with Gasteiger partial charge < -0.3 is 25.4 Å². The molecule has 0 bridgehead atoms. The molecule has 1 aromatic heterocycles. The number of aliphatic hydroxyl groups excluding tert-OH is 2. The third kappa shape index (κ3) is 6.61. The highest BCUT2D eigenvalue weighted by molar-refractivity contribution is 7.09. The quantitative estimate of drug-likeness (QED) is 0.405. The molecule has 2 fully saturated rings. The van der Waals surface area contributed by atoms with Gasteiger partial charge in [0.05, 0.1) is 41.4 Å². The number of aromatic nitrogens is 1. The Balaban J connectivity index is 1.85. The second kappa shape index (κ2) is 11.4. The van der Waals surface area contributed by atoms with Crippen LogP contribution in [0.2, 0.25) is 0 Å². The van der Waals surface area contributed by atoms with Gasteiger partial charge in [-0.2, -0.15) is 0 Å². The summed E-state index contributed by atoms with van der Waals surface area (Å²) in [5, 5.41) is 24.5. The maximum Gasteiger partial charge on any atom is 0.309 e. The number of hydrogen-bond donors (Lipinski definition) is 3. The van der Waals surface area contributed by atoms with Gasteiger partial charge in [-0.25, -0.2) is 4.98 Å². The molecule has 7 atom stereocenters. The Morgan fingerprint density at radius 1 is 1.28 bits per heavy atom. The lowest BCUT2D eigenvalue weighted by atomic mass is 9.73. The molecule has 36 heavy (non-hydrogen) atoms. The molecular weight excluding hydrogens is 480 g/mol. The van der Waals surface area contributed by atoms with Gasteiger partial charge >= 0.3 is 5.97 Å². The van der Waals surface area contributed by atoms with Gasteiger partial charge in [-0.15, -0.1) is 11.3 Å². The van der Waals surface area contributed by atoms with Crippen molar-refractivity contribution in [1.82, 2.24) is 4.98 Å². The van der Waals surface area contributed by atoms with E-state index in [1.54, 1.807) is 20.8 Å². The smallest absolute Gasteiger partial charge is 0.309 e. The van der Waals surface area contributed by atoms with Crippen molar-refractivity contribution in [1.29, 1.82) is 0 Å². The van der Waals surface area contributed by atoms with Crippen molar-refractivity contribution in [2.75, 3.05) is 0 Å². The van der Waals surface area contributed by atoms with Crippen LogP contribution in [0.1, 0.15) is 84.3 Å². The molecule has 0 radical (unpaired) electrons. The molecule has 0 aromatic carbocycles. The summed E-state index contributed by atoms with van der Waals surface area (Å²) in [6.07, 6.45) is 1.80. The largest absolute Gasteiger partial charge is 0.458 e. The molecule has 3 heterocycles. The number of Topliss-reactive ketones (excluding diaryl/α,β-unsaturated/α-hetero) is 1. The van der Waals surface area contributed by atoms with E-state index in [1.165, 1.54) is 11.3 Å². The Morgan fingerprint density at radius 3 is 2.61 bits per heavy atom. The highest BCUT2D eigenvalue weighted by Crippen LogP contribution is 2.45. The van der Waals surface area contributed by atoms with Gasteiger partial charge in [-0.1, -0.05) is 34.1 Å². The van der Waals surface area contributed by atoms with Crippen molar-refractivity contribution in [3.8, 4) is 0 Å². The number of carbonyl (C=O) groups is 2. The van der Waals surface area contributed by atoms with Crippen LogP contribution in [0.5, 0.6) is 0 Å². The molecule has 8 nitrogen and oxygen atoms in total. The molecule has 2 unspecified atom stereocenters. The van der Waals surface area contributed by atoms with Crippen LogP contribution in [0, 0.1) is 17.3 Å². The van der Waals surface area contributed by atoms with E-state index in [9.17, 15) is 19.8 Å². The van der Waals surface area contributed by atoms with Gasteiger partial charge in [0.2, 0.25) is 0 Å². The number of hydrogen-bond acceptors (Lipinski definition) is 9. The number of carbonyl (C=O) groups excluding carboxylic acids is 2. The van der Waals surface area contributed by atoms with Gasteiger partial charge in [-0.3, -0.25) is 9.59 Å². The number of nitrogens with two attached hydrogens (primary N) is 1. The minimum Gasteiger partial charge on any atom is -0.458 e. The Morgan fingerprint density at radius 2 is 1.97 bits per heavy atom. The molecule has 9 heteroatoms. The average molecular weight is 523 g/mol. The Hall–Kier alpha value is -1.65. The molecule has 2 aliphatic rings. The fourth-order valence-corrected chi connectivity index (χ4v) is 5.74. The van der Waals surface area contributed by atoms with Crippen LogP contribution in [-0.4, -0.2) is 57.0 Å². The Kier molecular flexibility index (Phi) is 9.15. The van der Waals surface area contributed by atoms with E-state index in [4.69, 9.17) is 15.2 Å². The topological polar surface area (TPSA) is 135 Å². The number of nitrogens with zero attached hydrogens (tertiary/aromatic N) is 1. The van der Waals surface area contributed by atoms with Crippen LogP contribution in [0.3, 0.4) is 0 Å². The van der Waals surface area contributed by atoms with Crippen molar-refractivity contribution >= 4 is 29.2 Å². The fourth-order valence-electron chi connectivity index (χ4n) is 5.11. The van der Waals surface area contributed by atoms with E-state index in [2.05, 4.69) is 11.9 Å². The molecule has 1 aromatic rings. The summed E-state index contributed by atoms with van der Waals surface area (Å²) >= 11 is 1.48. The van der Waals surface area contributed by atoms with E-state index in [1.807, 2.05) is 25.3 Å². The van der Waals surface area contributed by atoms with Crippen molar-refractivity contribution in [3.05, 3.63) is 21.7 Å². The number of ether oxygens (including phenoxy) is 2. The number of esters is 1. The summed E-state index contributed by atoms with van der Waals surface area (Å²) in [6, 6.07) is 0. The lowest BCUT2D eigenvalue weighted by Gasteiger charge is -2.34. The molecule has 0 amide bonds. The zero-order chi connectivity index (χ0) is 26.8. The summed E-state index contributed by atoms with van der Waals surface area (Å²) in [5.74, 6) is -1.59. The number of epoxide rings is 1. The summed E-state index contributed by atoms with van der Waals surface area (Å²) in [6.45, 7) is 11.2. The summed E-state index contributed by atoms with van der Waals surface area (Å²) in [7, 11) is 0. The first-order chi connectivity index (χ1) is 16.8. The van der Waals surface area contributed by atoms with Gasteiger partial charge in [0.15, 0.2) is 0 Å². The first kappa shape index (κ1) is 28.9. The van der Waals surface area contributed by atoms with Crippen LogP contribution in [0.15, 0.2) is 11.0 Å². The van der Waals surface area contributed by atoms with Crippen LogP contribution < -0.4 is 5.73 Å². The third-order valence-electron chi connectivity index (χ3n) is 8.03. The lowest BCUT2D eigenvalue weighted by molar-refractivity contribution is -0.154. The zero-order valence-electron chi connectivity index (χ0n) is 22.3. The normalized spacial score (nSPS) is 36.8. The van der Waals surface area contributed by atoms with Crippen molar-refractivity contribution in [2.24, 2.45) is 23.0 Å². The van der Waals surface area contributed by atoms with Crippen molar-refractivity contribution in [3.63, 3.8) is 0 Å². The fraction of sp³-hybridized carbons (Fsp3) is 0.741. The highest BCUT2D eigenvalue weighted by Gasteiger charge is 2.53. The first-order valence-electron chi connectivity index (χ1n) is 12.9. The van der Waals surface area contributed by atoms with E-state index in [0.29, 0.717) is 13.0 Å². The molecule has 4 N–H and O–H groups in total. The number of aliphatic hydroxyl groups is 2. The van der Waals surface area contributed by atoms with E-state index < -0.39 is 35.6 Å². The molecule has 2 saturated heterocycles. The van der Waals surface area contributed by atoms with Crippen LogP contribution in [-0.2, 0) is 25.6 Å². The Labute approximate surface area is 218 Å². The SMILES string of the molecule is CC(=Cc1csc(CN)n1)[C@@H]1C[C@@H]2O[C@]2(C)CCCC(C)C(O)[C@@H](C)C(=O)C(C)(C)[C@@H](O)CC(=O)O1. The minimum absolute atomic E-state index is 0.0660. The molecular formula is C27H42N2O6S. The number of cyclic esters (lactones) is 1. The van der Waals surface area contributed by atoms with E-state index >= 15 is 0 Å². The average Bonchev–Trinajstić information content (AvgIpc) is 3.23. The van der Waals surface area contributed by atoms with Crippen LogP contribution >= 0.6 is 11.3 Å². The molecule has 202 valence electrons. The first-order valence-corrected chi connectivity index (χ1v) is 13.8. The zero-order valence-corrected chi connectivity index (χ0v) is 23.1. The second-order valence-corrected chi connectivity index (χ2v) is 12.3. The predicted octanol–water partition coefficient (Wildman–Crippen LogP) is 3.63. The minimum atomic E-state index is -1.24. The standard InChI is InChI=1S/C27H42N2O6S/c1-15-8-7-9-27(6)21(35-27)11-19(16(2)10-18-14-36-22(13-28)29-18)34-23(31)12-20(30)26(4,5)25(33)17(3)24(15)32/h10,14-15,17,19-21,24,30,32H,7-9,11-13,28H2,1-6H3/t15?,17-,19+,20+,21+,24?,27-/m1/s1. The molecule has 3 rings (SSSR count). The van der Waals surface area contributed by atoms with E-state index in [-0.39, 0.29) is 29.8 Å². The third-order valence-corrected chi connectivity index (χ3v) is 8.92. The maximum atomic E-state index is 13.2.